The number of ether oxygens (including phenoxy) is 3. The van der Waals surface area contributed by atoms with Crippen molar-refractivity contribution in [2.75, 3.05) is 32.7 Å². The lowest BCUT2D eigenvalue weighted by Crippen LogP contribution is -2.44. The van der Waals surface area contributed by atoms with Gasteiger partial charge in [-0.2, -0.15) is 8.42 Å². The molecular weight excluding hydrogens is 336 g/mol. The highest BCUT2D eigenvalue weighted by Crippen LogP contribution is 2.44. The van der Waals surface area contributed by atoms with Gasteiger partial charge in [-0.15, -0.1) is 0 Å². The topological polar surface area (TPSA) is 88.1 Å². The van der Waals surface area contributed by atoms with Crippen LogP contribution in [-0.4, -0.2) is 52.9 Å². The van der Waals surface area contributed by atoms with Crippen molar-refractivity contribution in [1.29, 1.82) is 0 Å². The predicted octanol–water partition coefficient (Wildman–Crippen LogP) is 1.86. The van der Waals surface area contributed by atoms with E-state index in [1.54, 1.807) is 0 Å². The lowest BCUT2D eigenvalue weighted by Gasteiger charge is -2.42. The molecule has 2 atom stereocenters. The minimum absolute atomic E-state index is 0.0451. The summed E-state index contributed by atoms with van der Waals surface area (Å²) < 4.78 is 42.8. The first-order chi connectivity index (χ1) is 11.3. The van der Waals surface area contributed by atoms with E-state index >= 15 is 0 Å². The standard InChI is InChI=1S/C16H28O7S/c1-13-14(6-4-8-16(13)21-10-11-22-16)5-3-7-15(17)20-9-12-23-24(2,18)19/h13-14H,3-12H2,1-2H3. The van der Waals surface area contributed by atoms with E-state index in [0.29, 0.717) is 31.5 Å². The fraction of sp³-hybridized carbons (Fsp3) is 0.938. The van der Waals surface area contributed by atoms with E-state index < -0.39 is 15.9 Å². The van der Waals surface area contributed by atoms with Gasteiger partial charge in [0.25, 0.3) is 10.1 Å². The van der Waals surface area contributed by atoms with Gasteiger partial charge in [-0.05, 0) is 31.6 Å². The zero-order valence-electron chi connectivity index (χ0n) is 14.5. The Kier molecular flexibility index (Phi) is 7.03. The summed E-state index contributed by atoms with van der Waals surface area (Å²) in [4.78, 5) is 11.7. The van der Waals surface area contributed by atoms with Crippen molar-refractivity contribution in [3.63, 3.8) is 0 Å². The number of hydrogen-bond donors (Lipinski definition) is 0. The molecule has 0 aromatic carbocycles. The second-order valence-electron chi connectivity index (χ2n) is 6.59. The second-order valence-corrected chi connectivity index (χ2v) is 8.23. The van der Waals surface area contributed by atoms with E-state index in [9.17, 15) is 13.2 Å². The van der Waals surface area contributed by atoms with E-state index in [-0.39, 0.29) is 19.2 Å². The molecule has 0 aromatic heterocycles. The molecule has 0 amide bonds. The Labute approximate surface area is 144 Å². The number of hydrogen-bond acceptors (Lipinski definition) is 7. The Balaban J connectivity index is 1.63. The SMILES string of the molecule is CC1C(CCCC(=O)OCCOS(C)(=O)=O)CCCC12OCCO2. The van der Waals surface area contributed by atoms with Crippen LogP contribution in [0, 0.1) is 11.8 Å². The molecule has 0 radical (unpaired) electrons. The summed E-state index contributed by atoms with van der Waals surface area (Å²) >= 11 is 0. The highest BCUT2D eigenvalue weighted by molar-refractivity contribution is 7.85. The maximum Gasteiger partial charge on any atom is 0.305 e. The normalized spacial score (nSPS) is 26.6. The molecule has 0 N–H and O–H groups in total. The van der Waals surface area contributed by atoms with Crippen LogP contribution in [0.3, 0.4) is 0 Å². The molecule has 0 aromatic rings. The quantitative estimate of drug-likeness (QED) is 0.369. The Bertz CT molecular complexity index is 511. The van der Waals surface area contributed by atoms with Crippen LogP contribution in [0.15, 0.2) is 0 Å². The van der Waals surface area contributed by atoms with E-state index in [4.69, 9.17) is 14.2 Å². The monoisotopic (exact) mass is 364 g/mol. The molecule has 1 saturated carbocycles. The molecule has 2 fully saturated rings. The van der Waals surface area contributed by atoms with Crippen molar-refractivity contribution in [2.24, 2.45) is 11.8 Å². The summed E-state index contributed by atoms with van der Waals surface area (Å²) in [7, 11) is -3.49. The number of carbonyl (C=O) groups is 1. The fourth-order valence-corrected chi connectivity index (χ4v) is 4.01. The van der Waals surface area contributed by atoms with Gasteiger partial charge in [-0.25, -0.2) is 0 Å². The van der Waals surface area contributed by atoms with E-state index in [0.717, 1.165) is 38.4 Å². The number of carbonyl (C=O) groups excluding carboxylic acids is 1. The van der Waals surface area contributed by atoms with Gasteiger partial charge in [0.2, 0.25) is 0 Å². The Morgan fingerprint density at radius 1 is 1.25 bits per heavy atom. The van der Waals surface area contributed by atoms with Crippen LogP contribution in [-0.2, 0) is 33.3 Å². The first-order valence-electron chi connectivity index (χ1n) is 8.60. The molecular formula is C16H28O7S. The molecule has 0 bridgehead atoms. The average Bonchev–Trinajstić information content (AvgIpc) is 2.97. The van der Waals surface area contributed by atoms with Crippen molar-refractivity contribution in [2.45, 2.75) is 51.2 Å². The van der Waals surface area contributed by atoms with Crippen molar-refractivity contribution in [1.82, 2.24) is 0 Å². The van der Waals surface area contributed by atoms with Crippen LogP contribution < -0.4 is 0 Å². The van der Waals surface area contributed by atoms with Crippen LogP contribution in [0.1, 0.15) is 45.4 Å². The van der Waals surface area contributed by atoms with Crippen LogP contribution in [0.4, 0.5) is 0 Å². The summed E-state index contributed by atoms with van der Waals surface area (Å²) in [5.74, 6) is 0.0802. The summed E-state index contributed by atoms with van der Waals surface area (Å²) in [6.45, 7) is 3.33. The first kappa shape index (κ1) is 19.6. The Morgan fingerprint density at radius 3 is 2.62 bits per heavy atom. The molecule has 24 heavy (non-hydrogen) atoms. The summed E-state index contributed by atoms with van der Waals surface area (Å²) in [5.41, 5.74) is 0. The van der Waals surface area contributed by atoms with Crippen LogP contribution in [0.5, 0.6) is 0 Å². The fourth-order valence-electron chi connectivity index (χ4n) is 3.64. The van der Waals surface area contributed by atoms with Gasteiger partial charge >= 0.3 is 5.97 Å². The van der Waals surface area contributed by atoms with Crippen molar-refractivity contribution >= 4 is 16.1 Å². The molecule has 140 valence electrons. The summed E-state index contributed by atoms with van der Waals surface area (Å²) in [6, 6.07) is 0. The third kappa shape index (κ3) is 5.68. The molecule has 1 spiro atoms. The van der Waals surface area contributed by atoms with Crippen molar-refractivity contribution < 1.29 is 31.6 Å². The van der Waals surface area contributed by atoms with Crippen molar-refractivity contribution in [3.8, 4) is 0 Å². The van der Waals surface area contributed by atoms with Gasteiger partial charge in [-0.3, -0.25) is 8.98 Å². The molecule has 1 heterocycles. The maximum absolute atomic E-state index is 11.7. The predicted molar refractivity (Wildman–Crippen MR) is 86.7 cm³/mol. The van der Waals surface area contributed by atoms with Crippen LogP contribution >= 0.6 is 0 Å². The van der Waals surface area contributed by atoms with Crippen molar-refractivity contribution in [3.05, 3.63) is 0 Å². The second kappa shape index (κ2) is 8.60. The zero-order chi connectivity index (χ0) is 17.6. The molecule has 7 nitrogen and oxygen atoms in total. The highest BCUT2D eigenvalue weighted by Gasteiger charge is 2.47. The lowest BCUT2D eigenvalue weighted by atomic mass is 9.73. The van der Waals surface area contributed by atoms with E-state index in [1.807, 2.05) is 0 Å². The van der Waals surface area contributed by atoms with Gasteiger partial charge in [-0.1, -0.05) is 6.92 Å². The van der Waals surface area contributed by atoms with Crippen LogP contribution in [0.25, 0.3) is 0 Å². The minimum atomic E-state index is -3.49. The van der Waals surface area contributed by atoms with Gasteiger partial charge < -0.3 is 14.2 Å². The van der Waals surface area contributed by atoms with E-state index in [1.165, 1.54) is 0 Å². The third-order valence-electron chi connectivity index (χ3n) is 4.88. The first-order valence-corrected chi connectivity index (χ1v) is 10.4. The smallest absolute Gasteiger partial charge is 0.305 e. The molecule has 1 saturated heterocycles. The lowest BCUT2D eigenvalue weighted by molar-refractivity contribution is -0.221. The maximum atomic E-state index is 11.7. The van der Waals surface area contributed by atoms with Crippen LogP contribution in [0.2, 0.25) is 0 Å². The molecule has 2 unspecified atom stereocenters. The summed E-state index contributed by atoms with van der Waals surface area (Å²) in [5, 5.41) is 0. The summed E-state index contributed by atoms with van der Waals surface area (Å²) in [6.07, 6.45) is 6.14. The Morgan fingerprint density at radius 2 is 1.96 bits per heavy atom. The third-order valence-corrected chi connectivity index (χ3v) is 5.47. The largest absolute Gasteiger partial charge is 0.463 e. The highest BCUT2D eigenvalue weighted by atomic mass is 32.2. The van der Waals surface area contributed by atoms with Gasteiger partial charge in [0.15, 0.2) is 5.79 Å². The number of rotatable bonds is 8. The Hall–Kier alpha value is -0.700. The zero-order valence-corrected chi connectivity index (χ0v) is 15.3. The minimum Gasteiger partial charge on any atom is -0.463 e. The van der Waals surface area contributed by atoms with Gasteiger partial charge in [0, 0.05) is 18.8 Å². The average molecular weight is 364 g/mol. The number of esters is 1. The van der Waals surface area contributed by atoms with Gasteiger partial charge in [0.1, 0.15) is 13.2 Å². The molecule has 1 aliphatic heterocycles. The van der Waals surface area contributed by atoms with Gasteiger partial charge in [0.05, 0.1) is 19.5 Å². The molecule has 8 heteroatoms. The molecule has 1 aliphatic carbocycles. The van der Waals surface area contributed by atoms with E-state index in [2.05, 4.69) is 11.1 Å². The molecule has 2 aliphatic rings. The molecule has 2 rings (SSSR count).